The van der Waals surface area contributed by atoms with Crippen molar-refractivity contribution in [3.05, 3.63) is 243 Å². The molecule has 2 fully saturated rings. The van der Waals surface area contributed by atoms with Crippen LogP contribution in [0.5, 0.6) is 0 Å². The molecule has 2 aliphatic carbocycles. The average molecular weight is 947 g/mol. The summed E-state index contributed by atoms with van der Waals surface area (Å²) in [6.07, 6.45) is 11.6. The van der Waals surface area contributed by atoms with Gasteiger partial charge in [0.1, 0.15) is 0 Å². The lowest BCUT2D eigenvalue weighted by molar-refractivity contribution is 0.197. The summed E-state index contributed by atoms with van der Waals surface area (Å²) in [6.45, 7) is 0. The van der Waals surface area contributed by atoms with Crippen molar-refractivity contribution in [1.82, 2.24) is 8.88 Å². The summed E-state index contributed by atoms with van der Waals surface area (Å²) in [5.74, 6) is 1.57. The molecule has 0 amide bonds. The normalized spacial score (nSPS) is 18.8. The first-order valence-electron chi connectivity index (χ1n) is 24.5. The van der Waals surface area contributed by atoms with Gasteiger partial charge in [0, 0.05) is 44.4 Å². The van der Waals surface area contributed by atoms with Crippen molar-refractivity contribution in [2.75, 3.05) is 0 Å². The van der Waals surface area contributed by atoms with E-state index in [1.54, 1.807) is 0 Å². The number of hydrogen-bond donors (Lipinski definition) is 0. The summed E-state index contributed by atoms with van der Waals surface area (Å²) in [7, 11) is -3.14. The molecular weight excluding hydrogens is 885 g/mol. The average Bonchev–Trinajstić information content (AvgIpc) is 3.41. The monoisotopic (exact) mass is 946 g/mol. The summed E-state index contributed by atoms with van der Waals surface area (Å²) in [5.41, 5.74) is 0. The van der Waals surface area contributed by atoms with Crippen LogP contribution in [0.1, 0.15) is 57.8 Å². The molecule has 0 aliphatic heterocycles. The van der Waals surface area contributed by atoms with Crippen LogP contribution >= 0.6 is 32.3 Å². The Hall–Kier alpha value is -4.60. The molecule has 0 radical (unpaired) electrons. The second-order valence-corrected chi connectivity index (χ2v) is 27.1. The summed E-state index contributed by atoms with van der Waals surface area (Å²) in [4.78, 5) is 0. The van der Waals surface area contributed by atoms with E-state index in [-0.39, 0.29) is 0 Å². The van der Waals surface area contributed by atoms with E-state index in [2.05, 4.69) is 252 Å². The summed E-state index contributed by atoms with van der Waals surface area (Å²) in [5, 5.41) is 11.6. The van der Waals surface area contributed by atoms with Crippen LogP contribution in [0.2, 0.25) is 0 Å². The van der Waals surface area contributed by atoms with Gasteiger partial charge in [-0.05, 0) is 112 Å². The van der Waals surface area contributed by atoms with Crippen LogP contribution < -0.4 is 42.4 Å². The smallest absolute Gasteiger partial charge is 0.0325 e. The summed E-state index contributed by atoms with van der Waals surface area (Å²) in [6, 6.07) is 92.7. The Balaban J connectivity index is 0.915. The number of nitrogens with zero attached hydrogens (tertiary/aromatic N) is 2. The number of benzene rings is 8. The van der Waals surface area contributed by atoms with Crippen molar-refractivity contribution in [3.63, 3.8) is 0 Å². The highest BCUT2D eigenvalue weighted by molar-refractivity contribution is 7.85. The fraction of sp³-hybridized carbons (Fsp3) is 0.213. The van der Waals surface area contributed by atoms with Crippen molar-refractivity contribution in [2.45, 2.75) is 69.9 Å². The molecule has 0 bridgehead atoms. The molecule has 10 rings (SSSR count). The molecule has 2 nitrogen and oxygen atoms in total. The molecule has 2 aliphatic rings. The third-order valence-corrected chi connectivity index (χ3v) is 25.2. The zero-order valence-electron chi connectivity index (χ0n) is 38.5. The molecule has 2 saturated carbocycles. The molecule has 6 heteroatoms. The van der Waals surface area contributed by atoms with Crippen molar-refractivity contribution in [3.8, 4) is 0 Å². The van der Waals surface area contributed by atoms with E-state index in [4.69, 9.17) is 0 Å². The molecule has 336 valence electrons. The predicted molar refractivity (Wildman–Crippen MR) is 296 cm³/mol. The van der Waals surface area contributed by atoms with Crippen molar-refractivity contribution in [1.29, 1.82) is 0 Å². The van der Waals surface area contributed by atoms with E-state index in [1.165, 1.54) is 100 Å². The topological polar surface area (TPSA) is 6.48 Å². The highest BCUT2D eigenvalue weighted by atomic mass is 31.2. The molecule has 0 unspecified atom stereocenters. The van der Waals surface area contributed by atoms with Gasteiger partial charge in [-0.15, -0.1) is 0 Å². The summed E-state index contributed by atoms with van der Waals surface area (Å²) >= 11 is 0. The van der Waals surface area contributed by atoms with Gasteiger partial charge in [0.2, 0.25) is 0 Å². The second-order valence-electron chi connectivity index (χ2n) is 18.2. The number of rotatable bonds is 16. The lowest BCUT2D eigenvalue weighted by atomic mass is 9.76. The molecule has 67 heavy (non-hydrogen) atoms. The van der Waals surface area contributed by atoms with Gasteiger partial charge in [0.15, 0.2) is 0 Å². The van der Waals surface area contributed by atoms with E-state index in [0.29, 0.717) is 12.1 Å². The molecule has 0 aromatic heterocycles. The first-order chi connectivity index (χ1) is 33.3. The molecule has 8 aromatic rings. The van der Waals surface area contributed by atoms with Crippen LogP contribution in [0.15, 0.2) is 243 Å². The van der Waals surface area contributed by atoms with Crippen LogP contribution in [-0.4, -0.2) is 21.0 Å². The van der Waals surface area contributed by atoms with Crippen LogP contribution in [-0.2, 0) is 0 Å². The fourth-order valence-electron chi connectivity index (χ4n) is 10.6. The van der Waals surface area contributed by atoms with Crippen molar-refractivity contribution in [2.24, 2.45) is 11.8 Å². The Morgan fingerprint density at radius 1 is 0.239 bits per heavy atom. The Morgan fingerprint density at radius 2 is 0.403 bits per heavy atom. The van der Waals surface area contributed by atoms with Gasteiger partial charge in [-0.3, -0.25) is 0 Å². The highest BCUT2D eigenvalue weighted by Gasteiger charge is 2.41. The van der Waals surface area contributed by atoms with Gasteiger partial charge in [-0.25, -0.2) is 8.88 Å². The Morgan fingerprint density at radius 3 is 0.567 bits per heavy atom. The third kappa shape index (κ3) is 11.1. The lowest BCUT2D eigenvalue weighted by Gasteiger charge is -2.47. The van der Waals surface area contributed by atoms with Gasteiger partial charge in [-0.2, -0.15) is 0 Å². The van der Waals surface area contributed by atoms with E-state index >= 15 is 0 Å². The van der Waals surface area contributed by atoms with Gasteiger partial charge in [-0.1, -0.05) is 243 Å². The van der Waals surface area contributed by atoms with E-state index in [1.807, 2.05) is 0 Å². The SMILES string of the molecule is c1ccc(P(c2ccccc2)N(C2CCC(CC3CCC(N(P(c4ccccc4)c4ccccc4)P(c4ccccc4)c4ccccc4)CC3)CC2)P(c2ccccc2)c2ccccc2)cc1. The Bertz CT molecular complexity index is 2140. The first-order valence-corrected chi connectivity index (χ1v) is 29.7. The lowest BCUT2D eigenvalue weighted by Crippen LogP contribution is -2.41. The quantitative estimate of drug-likeness (QED) is 0.0891. The minimum absolute atomic E-state index is 0.504. The fourth-order valence-corrected chi connectivity index (χ4v) is 23.5. The molecule has 0 heterocycles. The maximum atomic E-state index is 3.06. The van der Waals surface area contributed by atoms with Crippen LogP contribution in [0.25, 0.3) is 0 Å². The van der Waals surface area contributed by atoms with Crippen LogP contribution in [0.4, 0.5) is 0 Å². The second kappa shape index (κ2) is 23.1. The van der Waals surface area contributed by atoms with Crippen molar-refractivity contribution < 1.29 is 0 Å². The predicted octanol–water partition coefficient (Wildman–Crippen LogP) is 13.3. The minimum atomic E-state index is -0.784. The Kier molecular flexibility index (Phi) is 15.9. The highest BCUT2D eigenvalue weighted by Crippen LogP contribution is 2.60. The molecule has 0 saturated heterocycles. The maximum absolute atomic E-state index is 3.06. The third-order valence-electron chi connectivity index (χ3n) is 13.8. The van der Waals surface area contributed by atoms with Gasteiger partial charge >= 0.3 is 0 Å². The standard InChI is InChI=1S/C61H62N2P4/c1-9-25-54(26-10-1)64(55-27-11-2-12-28-55)62(65(56-29-13-3-14-30-56)57-31-15-4-16-32-57)52-45-41-50(42-46-52)49-51-43-47-53(48-44-51)63(66(58-33-17-5-18-34-58)59-35-19-6-20-36-59)67(60-37-21-7-22-38-60)61-39-23-8-24-40-61/h1-40,50-53H,41-49H2. The van der Waals surface area contributed by atoms with Gasteiger partial charge in [0.05, 0.1) is 0 Å². The van der Waals surface area contributed by atoms with Crippen molar-refractivity contribution >= 4 is 74.7 Å². The molecule has 8 aromatic carbocycles. The molecule has 0 N–H and O–H groups in total. The summed E-state index contributed by atoms with van der Waals surface area (Å²) < 4.78 is 6.12. The van der Waals surface area contributed by atoms with E-state index in [0.717, 1.165) is 11.8 Å². The molecular formula is C61H62N2P4. The zero-order valence-corrected chi connectivity index (χ0v) is 42.0. The maximum Gasteiger partial charge on any atom is 0.0325 e. The van der Waals surface area contributed by atoms with E-state index < -0.39 is 32.3 Å². The zero-order chi connectivity index (χ0) is 45.0. The van der Waals surface area contributed by atoms with Crippen LogP contribution in [0, 0.1) is 11.8 Å². The first kappa shape index (κ1) is 46.1. The number of hydrogen-bond acceptors (Lipinski definition) is 2. The van der Waals surface area contributed by atoms with E-state index in [9.17, 15) is 0 Å². The largest absolute Gasteiger partial charge is 0.242 e. The Labute approximate surface area is 405 Å². The molecule has 0 spiro atoms. The van der Waals surface area contributed by atoms with Crippen LogP contribution in [0.3, 0.4) is 0 Å². The van der Waals surface area contributed by atoms with Gasteiger partial charge < -0.3 is 0 Å². The minimum Gasteiger partial charge on any atom is -0.242 e. The van der Waals surface area contributed by atoms with Gasteiger partial charge in [0.25, 0.3) is 0 Å². The molecule has 0 atom stereocenters.